The van der Waals surface area contributed by atoms with Gasteiger partial charge >= 0.3 is 11.4 Å². The van der Waals surface area contributed by atoms with E-state index in [-0.39, 0.29) is 23.3 Å². The summed E-state index contributed by atoms with van der Waals surface area (Å²) in [7, 11) is 1.69. The third kappa shape index (κ3) is 4.50. The Kier molecular flexibility index (Phi) is 5.47. The molecule has 3 aromatic heterocycles. The van der Waals surface area contributed by atoms with Crippen LogP contribution in [0, 0.1) is 17.5 Å². The first-order valence-corrected chi connectivity index (χ1v) is 11.4. The molecule has 5 rings (SSSR count). The summed E-state index contributed by atoms with van der Waals surface area (Å²) in [5.41, 5.74) is -0.897. The maximum absolute atomic E-state index is 14.7. The van der Waals surface area contributed by atoms with Crippen molar-refractivity contribution in [3.8, 4) is 0 Å². The lowest BCUT2D eigenvalue weighted by Gasteiger charge is -2.16. The number of halogens is 4. The van der Waals surface area contributed by atoms with Gasteiger partial charge in [-0.25, -0.2) is 32.3 Å². The van der Waals surface area contributed by atoms with Crippen molar-refractivity contribution in [2.24, 2.45) is 7.05 Å². The van der Waals surface area contributed by atoms with Crippen molar-refractivity contribution >= 4 is 45.5 Å². The summed E-state index contributed by atoms with van der Waals surface area (Å²) >= 11 is 7.55. The zero-order valence-corrected chi connectivity index (χ0v) is 19.7. The van der Waals surface area contributed by atoms with Gasteiger partial charge in [0.15, 0.2) is 11.6 Å². The molecule has 3 heterocycles. The van der Waals surface area contributed by atoms with Crippen LogP contribution in [0.1, 0.15) is 14.0 Å². The minimum Gasteiger partial charge on any atom is -0.324 e. The van der Waals surface area contributed by atoms with E-state index >= 15 is 0 Å². The second-order valence-electron chi connectivity index (χ2n) is 7.58. The molecule has 0 unspecified atom stereocenters. The number of benzene rings is 2. The number of rotatable bonds is 6. The van der Waals surface area contributed by atoms with Crippen LogP contribution in [0.3, 0.4) is 0 Å². The summed E-state index contributed by atoms with van der Waals surface area (Å²) in [4.78, 5) is 34.3. The van der Waals surface area contributed by atoms with Crippen molar-refractivity contribution in [2.75, 3.05) is 5.32 Å². The summed E-state index contributed by atoms with van der Waals surface area (Å²) in [5.74, 6) is -5.20. The van der Waals surface area contributed by atoms with Crippen LogP contribution in [0.5, 0.6) is 0 Å². The van der Waals surface area contributed by atoms with Gasteiger partial charge in [0.2, 0.25) is 5.95 Å². The molecule has 14 heteroatoms. The molecule has 36 heavy (non-hydrogen) atoms. The molecule has 0 spiro atoms. The molecule has 0 atom stereocenters. The van der Waals surface area contributed by atoms with Gasteiger partial charge in [0, 0.05) is 35.6 Å². The SMILES string of the molecule is [2H]C([2H])(c1cc(F)c(F)cc1F)n1c(Nc2cc3cn(C)nc3cc2Cl)nc(=O)n(Cc2cscn2)c1=O. The Labute approximate surface area is 211 Å². The number of fused-ring (bicyclic) bond motifs is 1. The molecule has 2 aromatic carbocycles. The van der Waals surface area contributed by atoms with Crippen LogP contribution < -0.4 is 16.7 Å². The maximum Gasteiger partial charge on any atom is 0.355 e. The van der Waals surface area contributed by atoms with Gasteiger partial charge < -0.3 is 5.32 Å². The number of aryl methyl sites for hydroxylation is 1. The first-order chi connectivity index (χ1) is 18.0. The Morgan fingerprint density at radius 2 is 1.89 bits per heavy atom. The summed E-state index contributed by atoms with van der Waals surface area (Å²) < 4.78 is 62.0. The summed E-state index contributed by atoms with van der Waals surface area (Å²) in [5, 5.41) is 9.14. The molecular weight excluding hydrogens is 519 g/mol. The van der Waals surface area contributed by atoms with Crippen molar-refractivity contribution in [2.45, 2.75) is 13.0 Å². The van der Waals surface area contributed by atoms with Gasteiger partial charge in [0.05, 0.1) is 43.2 Å². The number of nitrogens with one attached hydrogen (secondary N) is 1. The second-order valence-corrected chi connectivity index (χ2v) is 8.70. The predicted octanol–water partition coefficient (Wildman–Crippen LogP) is 3.66. The highest BCUT2D eigenvalue weighted by Gasteiger charge is 2.19. The van der Waals surface area contributed by atoms with E-state index in [9.17, 15) is 22.8 Å². The molecule has 0 saturated carbocycles. The van der Waals surface area contributed by atoms with E-state index in [1.165, 1.54) is 33.7 Å². The van der Waals surface area contributed by atoms with Gasteiger partial charge in [0.25, 0.3) is 0 Å². The molecule has 0 amide bonds. The summed E-state index contributed by atoms with van der Waals surface area (Å²) in [6.07, 6.45) is 1.67. The van der Waals surface area contributed by atoms with Crippen LogP contribution in [-0.4, -0.2) is 28.9 Å². The van der Waals surface area contributed by atoms with Crippen LogP contribution in [-0.2, 0) is 20.1 Å². The molecule has 5 aromatic rings. The average Bonchev–Trinajstić information content (AvgIpc) is 3.47. The van der Waals surface area contributed by atoms with E-state index in [0.717, 1.165) is 0 Å². The second kappa shape index (κ2) is 9.24. The van der Waals surface area contributed by atoms with Crippen LogP contribution in [0.2, 0.25) is 5.02 Å². The fourth-order valence-electron chi connectivity index (χ4n) is 3.41. The molecule has 0 saturated heterocycles. The van der Waals surface area contributed by atoms with Crippen LogP contribution in [0.15, 0.2) is 50.9 Å². The van der Waals surface area contributed by atoms with Gasteiger partial charge in [0.1, 0.15) is 5.82 Å². The van der Waals surface area contributed by atoms with Crippen LogP contribution in [0.25, 0.3) is 10.9 Å². The number of nitrogens with zero attached hydrogens (tertiary/aromatic N) is 6. The molecule has 0 bridgehead atoms. The molecule has 0 fully saturated rings. The molecular formula is C22H15ClF3N7O2S. The Morgan fingerprint density at radius 1 is 1.11 bits per heavy atom. The maximum atomic E-state index is 14.7. The molecule has 0 aliphatic carbocycles. The highest BCUT2D eigenvalue weighted by atomic mass is 35.5. The minimum atomic E-state index is -3.16. The third-order valence-corrected chi connectivity index (χ3v) is 6.01. The van der Waals surface area contributed by atoms with E-state index in [1.807, 2.05) is 0 Å². The van der Waals surface area contributed by atoms with Crippen molar-refractivity contribution in [1.29, 1.82) is 0 Å². The van der Waals surface area contributed by atoms with E-state index < -0.39 is 46.8 Å². The summed E-state index contributed by atoms with van der Waals surface area (Å²) in [6.45, 7) is -3.53. The third-order valence-electron chi connectivity index (χ3n) is 5.07. The monoisotopic (exact) mass is 535 g/mol. The van der Waals surface area contributed by atoms with Crippen molar-refractivity contribution < 1.29 is 15.9 Å². The van der Waals surface area contributed by atoms with E-state index in [0.29, 0.717) is 31.8 Å². The molecule has 1 N–H and O–H groups in total. The number of hydrogen-bond acceptors (Lipinski definition) is 7. The lowest BCUT2D eigenvalue weighted by Crippen LogP contribution is -2.43. The largest absolute Gasteiger partial charge is 0.355 e. The highest BCUT2D eigenvalue weighted by Crippen LogP contribution is 2.29. The summed E-state index contributed by atoms with van der Waals surface area (Å²) in [6, 6.07) is 3.47. The topological polar surface area (TPSA) is 99.6 Å². The van der Waals surface area contributed by atoms with E-state index in [4.69, 9.17) is 14.3 Å². The standard InChI is InChI=1S/C22H15ClF3N7O2S/c1-31-6-12-3-19(14(23)4-18(12)30-31)28-20-29-21(34)33(8-13-9-36-10-27-13)22(35)32(20)7-11-2-16(25)17(26)5-15(11)24/h2-6,9-10H,7-8H2,1H3,(H,28,29,34)/i7D2. The van der Waals surface area contributed by atoms with Crippen LogP contribution in [0.4, 0.5) is 24.8 Å². The predicted molar refractivity (Wildman–Crippen MR) is 128 cm³/mol. The smallest absolute Gasteiger partial charge is 0.324 e. The molecule has 0 aliphatic heterocycles. The Hall–Kier alpha value is -3.97. The Morgan fingerprint density at radius 3 is 2.64 bits per heavy atom. The van der Waals surface area contributed by atoms with Gasteiger partial charge in [-0.05, 0) is 18.2 Å². The lowest BCUT2D eigenvalue weighted by atomic mass is 10.2. The molecule has 0 aliphatic rings. The number of aromatic nitrogens is 6. The molecule has 184 valence electrons. The lowest BCUT2D eigenvalue weighted by molar-refractivity contribution is 0.485. The minimum absolute atomic E-state index is 0.0863. The van der Waals surface area contributed by atoms with Gasteiger partial charge in [-0.1, -0.05) is 11.6 Å². The fourth-order valence-corrected chi connectivity index (χ4v) is 4.16. The van der Waals surface area contributed by atoms with Crippen molar-refractivity contribution in [1.82, 2.24) is 28.9 Å². The number of hydrogen-bond donors (Lipinski definition) is 1. The Bertz CT molecular complexity index is 1820. The fraction of sp³-hybridized carbons (Fsp3) is 0.136. The average molecular weight is 536 g/mol. The van der Waals surface area contributed by atoms with Gasteiger partial charge in [-0.2, -0.15) is 10.1 Å². The first-order valence-electron chi connectivity index (χ1n) is 11.1. The van der Waals surface area contributed by atoms with Crippen molar-refractivity contribution in [3.05, 3.63) is 96.1 Å². The van der Waals surface area contributed by atoms with Crippen LogP contribution >= 0.6 is 22.9 Å². The van der Waals surface area contributed by atoms with Gasteiger partial charge in [-0.15, -0.1) is 11.3 Å². The zero-order valence-electron chi connectivity index (χ0n) is 20.2. The first kappa shape index (κ1) is 21.3. The quantitative estimate of drug-likeness (QED) is 0.333. The molecule has 9 nitrogen and oxygen atoms in total. The highest BCUT2D eigenvalue weighted by molar-refractivity contribution is 7.07. The Balaban J connectivity index is 1.74. The molecule has 0 radical (unpaired) electrons. The van der Waals surface area contributed by atoms with Crippen molar-refractivity contribution in [3.63, 3.8) is 0 Å². The number of anilines is 2. The normalized spacial score (nSPS) is 12.6. The zero-order chi connectivity index (χ0) is 27.4. The van der Waals surface area contributed by atoms with E-state index in [2.05, 4.69) is 20.4 Å². The number of thiazole rings is 1. The van der Waals surface area contributed by atoms with E-state index in [1.54, 1.807) is 18.6 Å². The van der Waals surface area contributed by atoms with Gasteiger partial charge in [-0.3, -0.25) is 9.25 Å².